The van der Waals surface area contributed by atoms with Crippen LogP contribution >= 0.6 is 11.8 Å². The fraction of sp³-hybridized carbons (Fsp3) is 0. The number of carboxylic acids is 1. The standard InChI is InChI=1S/C17H12O2S/c18-17(19)14-9-3-4-10-16(14)20-15-11-5-7-12-6-1-2-8-13(12)15/h1-11H,(H,18,19). The number of aromatic carboxylic acids is 1. The smallest absolute Gasteiger partial charge is 0.336 e. The van der Waals surface area contributed by atoms with Gasteiger partial charge < -0.3 is 5.11 Å². The van der Waals surface area contributed by atoms with E-state index in [1.807, 2.05) is 36.4 Å². The van der Waals surface area contributed by atoms with Gasteiger partial charge in [-0.3, -0.25) is 0 Å². The SMILES string of the molecule is O=C(O)c1ccccc1Sc1cccc2ccccc12. The number of rotatable bonds is 3. The molecule has 0 amide bonds. The minimum Gasteiger partial charge on any atom is -0.478 e. The van der Waals surface area contributed by atoms with Crippen LogP contribution in [-0.2, 0) is 0 Å². The summed E-state index contributed by atoms with van der Waals surface area (Å²) in [6, 6.07) is 21.3. The number of benzene rings is 3. The van der Waals surface area contributed by atoms with Crippen molar-refractivity contribution in [3.8, 4) is 0 Å². The van der Waals surface area contributed by atoms with Crippen molar-refractivity contribution in [3.63, 3.8) is 0 Å². The molecule has 0 heterocycles. The number of fused-ring (bicyclic) bond motifs is 1. The van der Waals surface area contributed by atoms with Gasteiger partial charge in [-0.2, -0.15) is 0 Å². The highest BCUT2D eigenvalue weighted by atomic mass is 32.2. The monoisotopic (exact) mass is 280 g/mol. The Bertz CT molecular complexity index is 775. The molecule has 0 aromatic heterocycles. The van der Waals surface area contributed by atoms with Crippen LogP contribution in [0.1, 0.15) is 10.4 Å². The van der Waals surface area contributed by atoms with Crippen LogP contribution in [0, 0.1) is 0 Å². The number of hydrogen-bond donors (Lipinski definition) is 1. The minimum absolute atomic E-state index is 0.338. The fourth-order valence-electron chi connectivity index (χ4n) is 2.14. The maximum atomic E-state index is 11.3. The van der Waals surface area contributed by atoms with Crippen LogP contribution in [-0.4, -0.2) is 11.1 Å². The average Bonchev–Trinajstić information content (AvgIpc) is 2.48. The topological polar surface area (TPSA) is 37.3 Å². The fourth-order valence-corrected chi connectivity index (χ4v) is 3.23. The number of carboxylic acid groups (broad SMARTS) is 1. The second kappa shape index (κ2) is 5.39. The van der Waals surface area contributed by atoms with E-state index in [9.17, 15) is 9.90 Å². The van der Waals surface area contributed by atoms with Gasteiger partial charge in [0.25, 0.3) is 0 Å². The molecule has 3 heteroatoms. The summed E-state index contributed by atoms with van der Waals surface area (Å²) in [5, 5.41) is 11.5. The van der Waals surface area contributed by atoms with Gasteiger partial charge in [0.15, 0.2) is 0 Å². The lowest BCUT2D eigenvalue weighted by atomic mass is 10.1. The van der Waals surface area contributed by atoms with Crippen molar-refractivity contribution in [2.45, 2.75) is 9.79 Å². The van der Waals surface area contributed by atoms with Crippen molar-refractivity contribution in [2.24, 2.45) is 0 Å². The summed E-state index contributed by atoms with van der Waals surface area (Å²) in [4.78, 5) is 13.1. The van der Waals surface area contributed by atoms with E-state index in [0.717, 1.165) is 20.6 Å². The Morgan fingerprint density at radius 2 is 1.45 bits per heavy atom. The zero-order valence-electron chi connectivity index (χ0n) is 10.6. The van der Waals surface area contributed by atoms with Crippen molar-refractivity contribution in [1.82, 2.24) is 0 Å². The first-order valence-corrected chi connectivity index (χ1v) is 7.05. The van der Waals surface area contributed by atoms with Crippen molar-refractivity contribution < 1.29 is 9.90 Å². The van der Waals surface area contributed by atoms with Crippen molar-refractivity contribution >= 4 is 28.5 Å². The molecule has 0 aliphatic carbocycles. The molecule has 0 unspecified atom stereocenters. The lowest BCUT2D eigenvalue weighted by Gasteiger charge is -2.08. The van der Waals surface area contributed by atoms with Gasteiger partial charge in [0.1, 0.15) is 0 Å². The predicted octanol–water partition coefficient (Wildman–Crippen LogP) is 4.69. The molecule has 0 atom stereocenters. The second-order valence-corrected chi connectivity index (χ2v) is 5.46. The Hall–Kier alpha value is -2.26. The van der Waals surface area contributed by atoms with E-state index in [4.69, 9.17) is 0 Å². The summed E-state index contributed by atoms with van der Waals surface area (Å²) in [7, 11) is 0. The number of carbonyl (C=O) groups is 1. The molecular weight excluding hydrogens is 268 g/mol. The lowest BCUT2D eigenvalue weighted by Crippen LogP contribution is -1.97. The molecule has 98 valence electrons. The van der Waals surface area contributed by atoms with E-state index in [1.165, 1.54) is 11.8 Å². The Balaban J connectivity index is 2.08. The molecule has 3 aromatic carbocycles. The summed E-state index contributed by atoms with van der Waals surface area (Å²) >= 11 is 1.49. The summed E-state index contributed by atoms with van der Waals surface area (Å²) in [6.45, 7) is 0. The third-order valence-corrected chi connectivity index (χ3v) is 4.24. The van der Waals surface area contributed by atoms with Crippen LogP contribution in [0.5, 0.6) is 0 Å². The zero-order chi connectivity index (χ0) is 13.9. The van der Waals surface area contributed by atoms with Crippen molar-refractivity contribution in [1.29, 1.82) is 0 Å². The molecule has 0 fully saturated rings. The van der Waals surface area contributed by atoms with Crippen LogP contribution in [0.25, 0.3) is 10.8 Å². The summed E-state index contributed by atoms with van der Waals surface area (Å²) in [5.41, 5.74) is 0.338. The Kier molecular flexibility index (Phi) is 3.44. The molecule has 2 nitrogen and oxygen atoms in total. The molecule has 0 aliphatic rings. The van der Waals surface area contributed by atoms with E-state index >= 15 is 0 Å². The minimum atomic E-state index is -0.895. The highest BCUT2D eigenvalue weighted by Gasteiger charge is 2.11. The molecule has 0 saturated carbocycles. The molecule has 3 rings (SSSR count). The van der Waals surface area contributed by atoms with Gasteiger partial charge in [-0.25, -0.2) is 4.79 Å². The van der Waals surface area contributed by atoms with Crippen molar-refractivity contribution in [3.05, 3.63) is 72.3 Å². The lowest BCUT2D eigenvalue weighted by molar-refractivity contribution is 0.0693. The molecule has 20 heavy (non-hydrogen) atoms. The highest BCUT2D eigenvalue weighted by Crippen LogP contribution is 2.35. The van der Waals surface area contributed by atoms with Crippen LogP contribution < -0.4 is 0 Å². The summed E-state index contributed by atoms with van der Waals surface area (Å²) in [6.07, 6.45) is 0. The quantitative estimate of drug-likeness (QED) is 0.756. The van der Waals surface area contributed by atoms with Gasteiger partial charge in [-0.1, -0.05) is 60.3 Å². The molecule has 0 spiro atoms. The molecule has 0 bridgehead atoms. The van der Waals surface area contributed by atoms with Crippen LogP contribution in [0.2, 0.25) is 0 Å². The van der Waals surface area contributed by atoms with Gasteiger partial charge in [-0.05, 0) is 29.0 Å². The Labute approximate surface area is 121 Å². The maximum Gasteiger partial charge on any atom is 0.336 e. The van der Waals surface area contributed by atoms with Gasteiger partial charge >= 0.3 is 5.97 Å². The predicted molar refractivity (Wildman–Crippen MR) is 81.5 cm³/mol. The largest absolute Gasteiger partial charge is 0.478 e. The van der Waals surface area contributed by atoms with Gasteiger partial charge in [0.2, 0.25) is 0 Å². The molecule has 1 N–H and O–H groups in total. The van der Waals surface area contributed by atoms with E-state index in [2.05, 4.69) is 18.2 Å². The van der Waals surface area contributed by atoms with E-state index in [1.54, 1.807) is 12.1 Å². The average molecular weight is 280 g/mol. The Morgan fingerprint density at radius 1 is 0.800 bits per heavy atom. The van der Waals surface area contributed by atoms with Crippen molar-refractivity contribution in [2.75, 3.05) is 0 Å². The first-order chi connectivity index (χ1) is 9.75. The summed E-state index contributed by atoms with van der Waals surface area (Å²) < 4.78 is 0. The van der Waals surface area contributed by atoms with Gasteiger partial charge in [0.05, 0.1) is 5.56 Å². The first kappa shape index (κ1) is 12.8. The zero-order valence-corrected chi connectivity index (χ0v) is 11.4. The highest BCUT2D eigenvalue weighted by molar-refractivity contribution is 7.99. The molecule has 0 radical (unpaired) electrons. The van der Waals surface area contributed by atoms with E-state index in [0.29, 0.717) is 5.56 Å². The van der Waals surface area contributed by atoms with Crippen LogP contribution in [0.15, 0.2) is 76.5 Å². The summed E-state index contributed by atoms with van der Waals surface area (Å²) in [5.74, 6) is -0.895. The first-order valence-electron chi connectivity index (χ1n) is 6.23. The van der Waals surface area contributed by atoms with Gasteiger partial charge in [-0.15, -0.1) is 0 Å². The Morgan fingerprint density at radius 3 is 2.30 bits per heavy atom. The van der Waals surface area contributed by atoms with E-state index in [-0.39, 0.29) is 0 Å². The normalized spacial score (nSPS) is 10.6. The maximum absolute atomic E-state index is 11.3. The third kappa shape index (κ3) is 2.40. The second-order valence-electron chi connectivity index (χ2n) is 4.38. The molecule has 3 aromatic rings. The molecule has 0 saturated heterocycles. The van der Waals surface area contributed by atoms with Gasteiger partial charge in [0, 0.05) is 9.79 Å². The third-order valence-electron chi connectivity index (χ3n) is 3.09. The van der Waals surface area contributed by atoms with Crippen LogP contribution in [0.3, 0.4) is 0 Å². The number of hydrogen-bond acceptors (Lipinski definition) is 2. The molecular formula is C17H12O2S. The molecule has 0 aliphatic heterocycles. The van der Waals surface area contributed by atoms with Crippen LogP contribution in [0.4, 0.5) is 0 Å². The van der Waals surface area contributed by atoms with E-state index < -0.39 is 5.97 Å².